The smallest absolute Gasteiger partial charge is 0.262 e. The Morgan fingerprint density at radius 2 is 2.05 bits per heavy atom. The molecule has 5 heteroatoms. The molecule has 1 atom stereocenters. The number of nitrogens with zero attached hydrogens (tertiary/aromatic N) is 1. The molecule has 1 saturated carbocycles. The summed E-state index contributed by atoms with van der Waals surface area (Å²) in [5.74, 6) is 0.612. The van der Waals surface area contributed by atoms with Gasteiger partial charge in [0, 0.05) is 13.0 Å². The molecule has 0 unspecified atom stereocenters. The molecule has 0 saturated heterocycles. The zero-order valence-electron chi connectivity index (χ0n) is 10.8. The first-order valence-corrected chi connectivity index (χ1v) is 6.49. The number of para-hydroxylation sites is 2. The van der Waals surface area contributed by atoms with Crippen LogP contribution in [0.25, 0.3) is 0 Å². The zero-order chi connectivity index (χ0) is 13.4. The standard InChI is InChI=1S/C14H16N2O3/c1-15-13(17)12-8-16(14(18)9-6-7-9)10-4-2-3-5-11(10)19-12/h2-5,9,12H,6-8H2,1H3,(H,15,17)/t12-/m0/s1. The maximum absolute atomic E-state index is 12.3. The minimum absolute atomic E-state index is 0.102. The lowest BCUT2D eigenvalue weighted by Crippen LogP contribution is -2.50. The number of amides is 2. The number of fused-ring (bicyclic) bond motifs is 1. The summed E-state index contributed by atoms with van der Waals surface area (Å²) in [4.78, 5) is 25.8. The van der Waals surface area contributed by atoms with Crippen molar-refractivity contribution in [3.63, 3.8) is 0 Å². The molecule has 2 amide bonds. The molecular weight excluding hydrogens is 244 g/mol. The number of nitrogens with one attached hydrogen (secondary N) is 1. The van der Waals surface area contributed by atoms with Gasteiger partial charge in [-0.25, -0.2) is 0 Å². The fourth-order valence-electron chi connectivity index (χ4n) is 2.29. The molecule has 0 radical (unpaired) electrons. The summed E-state index contributed by atoms with van der Waals surface area (Å²) >= 11 is 0. The number of ether oxygens (including phenoxy) is 1. The van der Waals surface area contributed by atoms with Crippen LogP contribution in [-0.4, -0.2) is 31.5 Å². The zero-order valence-corrected chi connectivity index (χ0v) is 10.8. The van der Waals surface area contributed by atoms with Crippen LogP contribution in [0.3, 0.4) is 0 Å². The molecule has 5 nitrogen and oxygen atoms in total. The summed E-state index contributed by atoms with van der Waals surface area (Å²) in [6.07, 6.45) is 1.26. The van der Waals surface area contributed by atoms with E-state index in [0.29, 0.717) is 5.75 Å². The summed E-state index contributed by atoms with van der Waals surface area (Å²) in [7, 11) is 1.57. The molecule has 0 aromatic heterocycles. The van der Waals surface area contributed by atoms with Crippen LogP contribution in [0.1, 0.15) is 12.8 Å². The fraction of sp³-hybridized carbons (Fsp3) is 0.429. The number of rotatable bonds is 2. The first-order valence-electron chi connectivity index (χ1n) is 6.49. The maximum Gasteiger partial charge on any atom is 0.262 e. The molecule has 1 fully saturated rings. The van der Waals surface area contributed by atoms with Crippen LogP contribution >= 0.6 is 0 Å². The van der Waals surface area contributed by atoms with Crippen LogP contribution in [0.4, 0.5) is 5.69 Å². The third kappa shape index (κ3) is 2.16. The number of carbonyl (C=O) groups excluding carboxylic acids is 2. The van der Waals surface area contributed by atoms with Crippen LogP contribution in [-0.2, 0) is 9.59 Å². The van der Waals surface area contributed by atoms with Crippen molar-refractivity contribution >= 4 is 17.5 Å². The van der Waals surface area contributed by atoms with E-state index in [4.69, 9.17) is 4.74 Å². The van der Waals surface area contributed by atoms with Crippen LogP contribution < -0.4 is 15.0 Å². The quantitative estimate of drug-likeness (QED) is 0.860. The second-order valence-electron chi connectivity index (χ2n) is 4.91. The monoisotopic (exact) mass is 260 g/mol. The summed E-state index contributed by atoms with van der Waals surface area (Å²) in [6, 6.07) is 7.35. The average Bonchev–Trinajstić information content (AvgIpc) is 3.29. The largest absolute Gasteiger partial charge is 0.477 e. The van der Waals surface area contributed by atoms with Gasteiger partial charge in [-0.05, 0) is 25.0 Å². The third-order valence-electron chi connectivity index (χ3n) is 3.51. The highest BCUT2D eigenvalue weighted by Gasteiger charge is 2.39. The molecule has 1 aliphatic heterocycles. The van der Waals surface area contributed by atoms with Crippen molar-refractivity contribution < 1.29 is 14.3 Å². The lowest BCUT2D eigenvalue weighted by Gasteiger charge is -2.34. The van der Waals surface area contributed by atoms with Crippen LogP contribution in [0.2, 0.25) is 0 Å². The first kappa shape index (κ1) is 12.0. The Morgan fingerprint density at radius 3 is 2.74 bits per heavy atom. The van der Waals surface area contributed by atoms with Crippen molar-refractivity contribution in [2.24, 2.45) is 5.92 Å². The minimum atomic E-state index is -0.636. The molecule has 1 aromatic rings. The number of likely N-dealkylation sites (N-methyl/N-ethyl adjacent to an activating group) is 1. The van der Waals surface area contributed by atoms with E-state index in [-0.39, 0.29) is 24.3 Å². The van der Waals surface area contributed by atoms with Gasteiger partial charge < -0.3 is 15.0 Å². The van der Waals surface area contributed by atoms with Crippen molar-refractivity contribution in [3.8, 4) is 5.75 Å². The van der Waals surface area contributed by atoms with Gasteiger partial charge in [0.15, 0.2) is 6.10 Å². The van der Waals surface area contributed by atoms with Gasteiger partial charge in [-0.3, -0.25) is 9.59 Å². The fourth-order valence-corrected chi connectivity index (χ4v) is 2.29. The number of anilines is 1. The Hall–Kier alpha value is -2.04. The van der Waals surface area contributed by atoms with Crippen LogP contribution in [0.15, 0.2) is 24.3 Å². The summed E-state index contributed by atoms with van der Waals surface area (Å²) in [5, 5.41) is 2.57. The van der Waals surface area contributed by atoms with Crippen molar-refractivity contribution in [2.75, 3.05) is 18.5 Å². The predicted molar refractivity (Wildman–Crippen MR) is 70.0 cm³/mol. The van der Waals surface area contributed by atoms with Gasteiger partial charge in [0.05, 0.1) is 12.2 Å². The Morgan fingerprint density at radius 1 is 1.32 bits per heavy atom. The van der Waals surface area contributed by atoms with E-state index in [1.54, 1.807) is 18.0 Å². The van der Waals surface area contributed by atoms with Gasteiger partial charge >= 0.3 is 0 Å². The van der Waals surface area contributed by atoms with E-state index in [2.05, 4.69) is 5.32 Å². The average molecular weight is 260 g/mol. The highest BCUT2D eigenvalue weighted by Crippen LogP contribution is 2.38. The van der Waals surface area contributed by atoms with Crippen molar-refractivity contribution in [3.05, 3.63) is 24.3 Å². The SMILES string of the molecule is CNC(=O)[C@@H]1CN(C(=O)C2CC2)c2ccccc2O1. The molecule has 0 spiro atoms. The molecule has 0 bridgehead atoms. The lowest BCUT2D eigenvalue weighted by molar-refractivity contribution is -0.128. The van der Waals surface area contributed by atoms with Gasteiger partial charge in [0.2, 0.25) is 5.91 Å². The Balaban J connectivity index is 1.93. The molecule has 1 heterocycles. The number of hydrogen-bond donors (Lipinski definition) is 1. The van der Waals surface area contributed by atoms with Crippen molar-refractivity contribution in [1.29, 1.82) is 0 Å². The summed E-state index contributed by atoms with van der Waals surface area (Å²) in [6.45, 7) is 0.284. The van der Waals surface area contributed by atoms with Crippen molar-refractivity contribution in [1.82, 2.24) is 5.32 Å². The Kier molecular flexibility index (Phi) is 2.89. The van der Waals surface area contributed by atoms with E-state index in [9.17, 15) is 9.59 Å². The van der Waals surface area contributed by atoms with E-state index < -0.39 is 6.10 Å². The third-order valence-corrected chi connectivity index (χ3v) is 3.51. The molecule has 1 N–H and O–H groups in total. The number of benzene rings is 1. The van der Waals surface area contributed by atoms with E-state index in [0.717, 1.165) is 18.5 Å². The topological polar surface area (TPSA) is 58.6 Å². The molecular formula is C14H16N2O3. The van der Waals surface area contributed by atoms with Gasteiger partial charge in [-0.1, -0.05) is 12.1 Å². The first-order chi connectivity index (χ1) is 9.20. The molecule has 2 aliphatic rings. The van der Waals surface area contributed by atoms with Gasteiger partial charge in [-0.2, -0.15) is 0 Å². The summed E-state index contributed by atoms with van der Waals surface area (Å²) in [5.41, 5.74) is 0.763. The number of hydrogen-bond acceptors (Lipinski definition) is 3. The van der Waals surface area contributed by atoms with Crippen LogP contribution in [0.5, 0.6) is 5.75 Å². The van der Waals surface area contributed by atoms with Gasteiger partial charge in [-0.15, -0.1) is 0 Å². The lowest BCUT2D eigenvalue weighted by atomic mass is 10.1. The minimum Gasteiger partial charge on any atom is -0.477 e. The second kappa shape index (κ2) is 4.57. The van der Waals surface area contributed by atoms with E-state index in [1.165, 1.54) is 0 Å². The van der Waals surface area contributed by atoms with Crippen molar-refractivity contribution in [2.45, 2.75) is 18.9 Å². The highest BCUT2D eigenvalue weighted by atomic mass is 16.5. The van der Waals surface area contributed by atoms with Gasteiger partial charge in [0.1, 0.15) is 5.75 Å². The van der Waals surface area contributed by atoms with Crippen LogP contribution in [0, 0.1) is 5.92 Å². The predicted octanol–water partition coefficient (Wildman–Crippen LogP) is 0.937. The second-order valence-corrected chi connectivity index (χ2v) is 4.91. The normalized spacial score (nSPS) is 21.3. The maximum atomic E-state index is 12.3. The summed E-state index contributed by atoms with van der Waals surface area (Å²) < 4.78 is 5.66. The van der Waals surface area contributed by atoms with E-state index >= 15 is 0 Å². The van der Waals surface area contributed by atoms with E-state index in [1.807, 2.05) is 18.2 Å². The number of carbonyl (C=O) groups is 2. The molecule has 3 rings (SSSR count). The molecule has 1 aliphatic carbocycles. The molecule has 100 valence electrons. The molecule has 1 aromatic carbocycles. The Labute approximate surface area is 111 Å². The van der Waals surface area contributed by atoms with Gasteiger partial charge in [0.25, 0.3) is 5.91 Å². The Bertz CT molecular complexity index is 525. The highest BCUT2D eigenvalue weighted by molar-refractivity contribution is 5.99. The molecule has 19 heavy (non-hydrogen) atoms.